The molecule has 0 N–H and O–H groups in total. The van der Waals surface area contributed by atoms with Crippen molar-refractivity contribution in [3.05, 3.63) is 59.7 Å². The molecule has 0 aliphatic carbocycles. The van der Waals surface area contributed by atoms with Gasteiger partial charge in [0, 0.05) is 18.7 Å². The third-order valence-electron chi connectivity index (χ3n) is 5.00. The number of anilines is 2. The van der Waals surface area contributed by atoms with Gasteiger partial charge in [-0.1, -0.05) is 36.4 Å². The number of amides is 2. The van der Waals surface area contributed by atoms with Crippen LogP contribution in [0.5, 0.6) is 0 Å². The second-order valence-electron chi connectivity index (χ2n) is 8.07. The lowest BCUT2D eigenvalue weighted by atomic mass is 10.1. The Labute approximate surface area is 159 Å². The van der Waals surface area contributed by atoms with Crippen LogP contribution in [-0.2, 0) is 22.4 Å². The average molecular weight is 364 g/mol. The quantitative estimate of drug-likeness (QED) is 0.770. The summed E-state index contributed by atoms with van der Waals surface area (Å²) < 4.78 is 5.61. The van der Waals surface area contributed by atoms with Crippen molar-refractivity contribution < 1.29 is 14.3 Å². The van der Waals surface area contributed by atoms with Crippen molar-refractivity contribution in [1.82, 2.24) is 0 Å². The maximum absolute atomic E-state index is 13.4. The van der Waals surface area contributed by atoms with Crippen LogP contribution in [0.2, 0.25) is 0 Å². The van der Waals surface area contributed by atoms with E-state index in [1.807, 2.05) is 68.1 Å². The molecule has 2 amide bonds. The fourth-order valence-electron chi connectivity index (χ4n) is 3.87. The summed E-state index contributed by atoms with van der Waals surface area (Å²) in [7, 11) is 0. The highest BCUT2D eigenvalue weighted by atomic mass is 16.6. The predicted octanol–water partition coefficient (Wildman–Crippen LogP) is 3.94. The normalized spacial score (nSPS) is 18.3. The van der Waals surface area contributed by atoms with Crippen LogP contribution in [0.15, 0.2) is 48.5 Å². The maximum atomic E-state index is 13.4. The number of fused-ring (bicyclic) bond motifs is 2. The molecule has 2 aromatic carbocycles. The van der Waals surface area contributed by atoms with Gasteiger partial charge in [-0.25, -0.2) is 4.79 Å². The third kappa shape index (κ3) is 3.18. The average Bonchev–Trinajstić information content (AvgIpc) is 3.21. The summed E-state index contributed by atoms with van der Waals surface area (Å²) in [6, 6.07) is 15.0. The molecule has 2 aliphatic rings. The number of nitrogens with zero attached hydrogens (tertiary/aromatic N) is 2. The molecule has 27 heavy (non-hydrogen) atoms. The fraction of sp³-hybridized carbons (Fsp3) is 0.364. The molecule has 4 rings (SSSR count). The molecule has 5 nitrogen and oxygen atoms in total. The lowest BCUT2D eigenvalue weighted by molar-refractivity contribution is -0.119. The Bertz CT molecular complexity index is 900. The maximum Gasteiger partial charge on any atom is 0.415 e. The minimum Gasteiger partial charge on any atom is -0.443 e. The SMILES string of the molecule is CC(C)(C)OC(=O)N1c2ccccc2CC1C(=O)N1CCc2ccccc21. The number of para-hydroxylation sites is 2. The van der Waals surface area contributed by atoms with E-state index in [-0.39, 0.29) is 5.91 Å². The van der Waals surface area contributed by atoms with Gasteiger partial charge in [0.05, 0.1) is 5.69 Å². The summed E-state index contributed by atoms with van der Waals surface area (Å²) >= 11 is 0. The number of carbonyl (C=O) groups excluding carboxylic acids is 2. The first-order chi connectivity index (χ1) is 12.8. The Kier molecular flexibility index (Phi) is 4.17. The highest BCUT2D eigenvalue weighted by molar-refractivity contribution is 6.07. The monoisotopic (exact) mass is 364 g/mol. The van der Waals surface area contributed by atoms with Gasteiger partial charge in [0.15, 0.2) is 0 Å². The number of hydrogen-bond acceptors (Lipinski definition) is 3. The van der Waals surface area contributed by atoms with Crippen molar-refractivity contribution in [3.8, 4) is 0 Å². The Morgan fingerprint density at radius 1 is 0.963 bits per heavy atom. The predicted molar refractivity (Wildman–Crippen MR) is 105 cm³/mol. The number of rotatable bonds is 1. The minimum absolute atomic E-state index is 0.0537. The van der Waals surface area contributed by atoms with Gasteiger partial charge in [0.1, 0.15) is 11.6 Å². The van der Waals surface area contributed by atoms with Crippen molar-refractivity contribution in [2.45, 2.75) is 45.3 Å². The summed E-state index contributed by atoms with van der Waals surface area (Å²) in [5.74, 6) is -0.0537. The summed E-state index contributed by atoms with van der Waals surface area (Å²) in [5, 5.41) is 0. The fourth-order valence-corrected chi connectivity index (χ4v) is 3.87. The topological polar surface area (TPSA) is 49.9 Å². The largest absolute Gasteiger partial charge is 0.443 e. The highest BCUT2D eigenvalue weighted by Gasteiger charge is 2.43. The van der Waals surface area contributed by atoms with E-state index in [1.54, 1.807) is 0 Å². The number of carbonyl (C=O) groups is 2. The first-order valence-electron chi connectivity index (χ1n) is 9.34. The van der Waals surface area contributed by atoms with Gasteiger partial charge in [0.2, 0.25) is 0 Å². The van der Waals surface area contributed by atoms with Gasteiger partial charge >= 0.3 is 6.09 Å². The lowest BCUT2D eigenvalue weighted by Gasteiger charge is -2.30. The standard InChI is InChI=1S/C22H24N2O3/c1-22(2,3)27-21(26)24-18-11-7-5-9-16(18)14-19(24)20(25)23-13-12-15-8-4-6-10-17(15)23/h4-11,19H,12-14H2,1-3H3. The van der Waals surface area contributed by atoms with E-state index >= 15 is 0 Å². The molecular formula is C22H24N2O3. The number of hydrogen-bond donors (Lipinski definition) is 0. The molecule has 2 aliphatic heterocycles. The molecule has 1 atom stereocenters. The van der Waals surface area contributed by atoms with Crippen LogP contribution in [-0.4, -0.2) is 30.2 Å². The third-order valence-corrected chi connectivity index (χ3v) is 5.00. The molecule has 2 heterocycles. The van der Waals surface area contributed by atoms with Crippen LogP contribution in [0.3, 0.4) is 0 Å². The second kappa shape index (κ2) is 6.41. The first-order valence-corrected chi connectivity index (χ1v) is 9.34. The molecule has 0 fully saturated rings. The Morgan fingerprint density at radius 2 is 1.59 bits per heavy atom. The molecule has 0 radical (unpaired) electrons. The van der Waals surface area contributed by atoms with E-state index in [0.29, 0.717) is 13.0 Å². The van der Waals surface area contributed by atoms with E-state index in [9.17, 15) is 9.59 Å². The van der Waals surface area contributed by atoms with Gasteiger partial charge in [-0.3, -0.25) is 9.69 Å². The molecular weight excluding hydrogens is 340 g/mol. The lowest BCUT2D eigenvalue weighted by Crippen LogP contribution is -2.50. The van der Waals surface area contributed by atoms with E-state index in [4.69, 9.17) is 4.74 Å². The molecule has 0 spiro atoms. The van der Waals surface area contributed by atoms with Crippen molar-refractivity contribution in [2.75, 3.05) is 16.3 Å². The highest BCUT2D eigenvalue weighted by Crippen LogP contribution is 2.36. The first kappa shape index (κ1) is 17.6. The zero-order valence-corrected chi connectivity index (χ0v) is 15.9. The second-order valence-corrected chi connectivity index (χ2v) is 8.07. The number of ether oxygens (including phenoxy) is 1. The summed E-state index contributed by atoms with van der Waals surface area (Å²) in [5.41, 5.74) is 3.25. The summed E-state index contributed by atoms with van der Waals surface area (Å²) in [4.78, 5) is 29.7. The van der Waals surface area contributed by atoms with E-state index in [2.05, 4.69) is 6.07 Å². The smallest absolute Gasteiger partial charge is 0.415 e. The van der Waals surface area contributed by atoms with Crippen LogP contribution >= 0.6 is 0 Å². The van der Waals surface area contributed by atoms with E-state index in [0.717, 1.165) is 23.4 Å². The zero-order chi connectivity index (χ0) is 19.2. The van der Waals surface area contributed by atoms with Crippen LogP contribution in [0.4, 0.5) is 16.2 Å². The minimum atomic E-state index is -0.623. The van der Waals surface area contributed by atoms with Crippen LogP contribution in [0.25, 0.3) is 0 Å². The molecule has 0 aromatic heterocycles. The zero-order valence-electron chi connectivity index (χ0n) is 15.9. The molecule has 140 valence electrons. The van der Waals surface area contributed by atoms with Crippen molar-refractivity contribution in [3.63, 3.8) is 0 Å². The summed E-state index contributed by atoms with van der Waals surface area (Å²) in [6.07, 6.45) is 0.874. The van der Waals surface area contributed by atoms with E-state index in [1.165, 1.54) is 10.5 Å². The van der Waals surface area contributed by atoms with Gasteiger partial charge < -0.3 is 9.64 Å². The van der Waals surface area contributed by atoms with Crippen LogP contribution < -0.4 is 9.80 Å². The van der Waals surface area contributed by atoms with Crippen molar-refractivity contribution in [2.24, 2.45) is 0 Å². The van der Waals surface area contributed by atoms with Gasteiger partial charge in [-0.05, 0) is 50.5 Å². The molecule has 1 unspecified atom stereocenters. The van der Waals surface area contributed by atoms with Crippen molar-refractivity contribution in [1.29, 1.82) is 0 Å². The van der Waals surface area contributed by atoms with Gasteiger partial charge in [0.25, 0.3) is 5.91 Å². The van der Waals surface area contributed by atoms with Gasteiger partial charge in [-0.15, -0.1) is 0 Å². The van der Waals surface area contributed by atoms with E-state index < -0.39 is 17.7 Å². The summed E-state index contributed by atoms with van der Waals surface area (Å²) in [6.45, 7) is 6.15. The molecule has 2 aromatic rings. The van der Waals surface area contributed by atoms with Gasteiger partial charge in [-0.2, -0.15) is 0 Å². The van der Waals surface area contributed by atoms with Crippen molar-refractivity contribution >= 4 is 23.4 Å². The Balaban J connectivity index is 1.67. The molecule has 0 saturated heterocycles. The Morgan fingerprint density at radius 3 is 2.30 bits per heavy atom. The Hall–Kier alpha value is -2.82. The van der Waals surface area contributed by atoms with Crippen LogP contribution in [0, 0.1) is 0 Å². The molecule has 0 saturated carbocycles. The van der Waals surface area contributed by atoms with Crippen LogP contribution in [0.1, 0.15) is 31.9 Å². The number of benzene rings is 2. The molecule has 0 bridgehead atoms. The molecule has 5 heteroatoms.